The first-order chi connectivity index (χ1) is 4.72. The van der Waals surface area contributed by atoms with Gasteiger partial charge >= 0.3 is 0 Å². The molecule has 1 aliphatic rings. The van der Waals surface area contributed by atoms with Crippen molar-refractivity contribution in [2.75, 3.05) is 25.4 Å². The second-order valence-corrected chi connectivity index (χ2v) is 3.63. The molecule has 1 rings (SSSR count). The largest absolute Gasteiger partial charge is 0.772 e. The topological polar surface area (TPSA) is 43.4 Å². The molecule has 0 amide bonds. The zero-order chi connectivity index (χ0) is 7.56. The predicted molar refractivity (Wildman–Crippen MR) is 39.4 cm³/mol. The fourth-order valence-electron chi connectivity index (χ4n) is 1.23. The van der Waals surface area contributed by atoms with Gasteiger partial charge in [-0.15, -0.1) is 0 Å². The molecule has 0 saturated carbocycles. The van der Waals surface area contributed by atoms with Crippen LogP contribution in [0.15, 0.2) is 0 Å². The zero-order valence-electron chi connectivity index (χ0n) is 6.08. The van der Waals surface area contributed by atoms with E-state index in [1.54, 1.807) is 0 Å². The van der Waals surface area contributed by atoms with Crippen molar-refractivity contribution in [3.63, 3.8) is 0 Å². The second-order valence-electron chi connectivity index (χ2n) is 2.69. The van der Waals surface area contributed by atoms with Gasteiger partial charge < -0.3 is 9.45 Å². The van der Waals surface area contributed by atoms with E-state index >= 15 is 0 Å². The molecule has 60 valence electrons. The molecule has 1 unspecified atom stereocenters. The molecule has 1 saturated heterocycles. The summed E-state index contributed by atoms with van der Waals surface area (Å²) in [5.74, 6) is 0.745. The lowest BCUT2D eigenvalue weighted by atomic mass is 10.0. The van der Waals surface area contributed by atoms with Crippen molar-refractivity contribution in [2.24, 2.45) is 5.92 Å². The van der Waals surface area contributed by atoms with Gasteiger partial charge in [-0.05, 0) is 12.5 Å². The Balaban J connectivity index is 2.08. The first-order valence-electron chi connectivity index (χ1n) is 3.50. The standard InChI is InChI=1S/C6H13NO2S/c1-2-7-3-6(4-7)5-10(8)9/h6H,2-5H2,1H3,(H,8,9)/p-1. The van der Waals surface area contributed by atoms with Gasteiger partial charge in [-0.25, -0.2) is 0 Å². The van der Waals surface area contributed by atoms with Crippen LogP contribution in [0.1, 0.15) is 6.92 Å². The maximum absolute atomic E-state index is 10.2. The maximum atomic E-state index is 10.2. The molecule has 1 aliphatic heterocycles. The molecule has 0 aliphatic carbocycles. The fourth-order valence-corrected chi connectivity index (χ4v) is 1.83. The van der Waals surface area contributed by atoms with E-state index in [0.717, 1.165) is 19.6 Å². The molecular weight excluding hydrogens is 150 g/mol. The van der Waals surface area contributed by atoms with Crippen LogP contribution in [-0.4, -0.2) is 39.0 Å². The average molecular weight is 162 g/mol. The van der Waals surface area contributed by atoms with Gasteiger partial charge in [0.25, 0.3) is 0 Å². The Hall–Kier alpha value is 0.0700. The van der Waals surface area contributed by atoms with E-state index in [1.807, 2.05) is 0 Å². The highest BCUT2D eigenvalue weighted by molar-refractivity contribution is 7.79. The molecule has 3 nitrogen and oxygen atoms in total. The second kappa shape index (κ2) is 3.46. The van der Waals surface area contributed by atoms with Crippen molar-refractivity contribution in [1.82, 2.24) is 4.90 Å². The van der Waals surface area contributed by atoms with E-state index in [4.69, 9.17) is 0 Å². The summed E-state index contributed by atoms with van der Waals surface area (Å²) in [6.45, 7) is 5.06. The molecule has 0 aromatic rings. The molecule has 0 aromatic carbocycles. The van der Waals surface area contributed by atoms with Gasteiger partial charge in [-0.3, -0.25) is 4.21 Å². The summed E-state index contributed by atoms with van der Waals surface area (Å²) in [4.78, 5) is 2.23. The summed E-state index contributed by atoms with van der Waals surface area (Å²) < 4.78 is 20.4. The van der Waals surface area contributed by atoms with Gasteiger partial charge in [-0.2, -0.15) is 0 Å². The molecule has 1 atom stereocenters. The normalized spacial score (nSPS) is 24.2. The highest BCUT2D eigenvalue weighted by Gasteiger charge is 2.24. The van der Waals surface area contributed by atoms with Crippen LogP contribution < -0.4 is 0 Å². The Kier molecular flexibility index (Phi) is 2.82. The first-order valence-corrected chi connectivity index (χ1v) is 4.75. The summed E-state index contributed by atoms with van der Waals surface area (Å²) >= 11 is -1.84. The molecule has 0 spiro atoms. The van der Waals surface area contributed by atoms with Crippen LogP contribution in [0.25, 0.3) is 0 Å². The van der Waals surface area contributed by atoms with Crippen LogP contribution in [-0.2, 0) is 11.1 Å². The molecule has 0 N–H and O–H groups in total. The maximum Gasteiger partial charge on any atom is 0.0154 e. The van der Waals surface area contributed by atoms with E-state index in [1.165, 1.54) is 0 Å². The summed E-state index contributed by atoms with van der Waals surface area (Å²) in [6, 6.07) is 0. The molecule has 0 radical (unpaired) electrons. The van der Waals surface area contributed by atoms with E-state index in [0.29, 0.717) is 11.7 Å². The van der Waals surface area contributed by atoms with Crippen LogP contribution in [0.4, 0.5) is 0 Å². The summed E-state index contributed by atoms with van der Waals surface area (Å²) in [6.07, 6.45) is 0. The first kappa shape index (κ1) is 8.17. The van der Waals surface area contributed by atoms with E-state index in [9.17, 15) is 8.76 Å². The fraction of sp³-hybridized carbons (Fsp3) is 1.00. The number of hydrogen-bond acceptors (Lipinski definition) is 3. The minimum absolute atomic E-state index is 0.344. The van der Waals surface area contributed by atoms with Crippen LogP contribution in [0.5, 0.6) is 0 Å². The number of rotatable bonds is 3. The van der Waals surface area contributed by atoms with Gasteiger partial charge in [0.1, 0.15) is 0 Å². The van der Waals surface area contributed by atoms with Crippen molar-refractivity contribution in [3.8, 4) is 0 Å². The van der Waals surface area contributed by atoms with Crippen LogP contribution >= 0.6 is 0 Å². The van der Waals surface area contributed by atoms with Crippen molar-refractivity contribution in [2.45, 2.75) is 6.92 Å². The van der Waals surface area contributed by atoms with Gasteiger partial charge in [0.2, 0.25) is 0 Å². The van der Waals surface area contributed by atoms with E-state index in [-0.39, 0.29) is 0 Å². The van der Waals surface area contributed by atoms with Crippen LogP contribution in [0, 0.1) is 5.92 Å². The van der Waals surface area contributed by atoms with E-state index < -0.39 is 11.1 Å². The number of likely N-dealkylation sites (tertiary alicyclic amines) is 1. The monoisotopic (exact) mass is 162 g/mol. The third-order valence-electron chi connectivity index (χ3n) is 1.85. The smallest absolute Gasteiger partial charge is 0.0154 e. The third-order valence-corrected chi connectivity index (χ3v) is 2.60. The summed E-state index contributed by atoms with van der Waals surface area (Å²) in [5.41, 5.74) is 0. The van der Waals surface area contributed by atoms with Crippen LogP contribution in [0.3, 0.4) is 0 Å². The number of nitrogens with zero attached hydrogens (tertiary/aromatic N) is 1. The minimum Gasteiger partial charge on any atom is -0.772 e. The van der Waals surface area contributed by atoms with Gasteiger partial charge in [0, 0.05) is 18.8 Å². The lowest BCUT2D eigenvalue weighted by molar-refractivity contribution is 0.122. The van der Waals surface area contributed by atoms with Crippen molar-refractivity contribution >= 4 is 11.1 Å². The van der Waals surface area contributed by atoms with Gasteiger partial charge in [-0.1, -0.05) is 18.0 Å². The highest BCUT2D eigenvalue weighted by Crippen LogP contribution is 2.14. The summed E-state index contributed by atoms with van der Waals surface area (Å²) in [5, 5.41) is 0. The Labute approximate surface area is 63.7 Å². The van der Waals surface area contributed by atoms with Crippen LogP contribution in [0.2, 0.25) is 0 Å². The third kappa shape index (κ3) is 2.04. The minimum atomic E-state index is -1.84. The Morgan fingerprint density at radius 1 is 1.70 bits per heavy atom. The molecular formula is C6H12NO2S-. The average Bonchev–Trinajstić information content (AvgIpc) is 1.76. The molecule has 4 heteroatoms. The molecule has 10 heavy (non-hydrogen) atoms. The Bertz CT molecular complexity index is 134. The van der Waals surface area contributed by atoms with Gasteiger partial charge in [0.05, 0.1) is 0 Å². The molecule has 1 heterocycles. The van der Waals surface area contributed by atoms with E-state index in [2.05, 4.69) is 11.8 Å². The van der Waals surface area contributed by atoms with Crippen molar-refractivity contribution in [3.05, 3.63) is 0 Å². The molecule has 0 aromatic heterocycles. The quantitative estimate of drug-likeness (QED) is 0.541. The molecule has 1 fully saturated rings. The lowest BCUT2D eigenvalue weighted by Gasteiger charge is -2.38. The SMILES string of the molecule is CCN1CC(CS(=O)[O-])C1. The Morgan fingerprint density at radius 2 is 2.30 bits per heavy atom. The zero-order valence-corrected chi connectivity index (χ0v) is 6.89. The van der Waals surface area contributed by atoms with Gasteiger partial charge in [0.15, 0.2) is 0 Å². The highest BCUT2D eigenvalue weighted by atomic mass is 32.2. The van der Waals surface area contributed by atoms with Crippen molar-refractivity contribution < 1.29 is 8.76 Å². The Morgan fingerprint density at radius 3 is 2.70 bits per heavy atom. The molecule has 0 bridgehead atoms. The predicted octanol–water partition coefficient (Wildman–Crippen LogP) is -0.183. The lowest BCUT2D eigenvalue weighted by Crippen LogP contribution is -2.48. The number of hydrogen-bond donors (Lipinski definition) is 0. The summed E-state index contributed by atoms with van der Waals surface area (Å²) in [7, 11) is 0. The van der Waals surface area contributed by atoms with Crippen molar-refractivity contribution in [1.29, 1.82) is 0 Å².